The van der Waals surface area contributed by atoms with Gasteiger partial charge in [-0.2, -0.15) is 5.10 Å². The zero-order chi connectivity index (χ0) is 11.5. The van der Waals surface area contributed by atoms with Gasteiger partial charge in [0.1, 0.15) is 0 Å². The van der Waals surface area contributed by atoms with Gasteiger partial charge in [-0.05, 0) is 6.07 Å². The summed E-state index contributed by atoms with van der Waals surface area (Å²) in [6, 6.07) is 1.86. The highest BCUT2D eigenvalue weighted by atomic mass is 32.2. The number of thioether (sulfide) groups is 1. The third-order valence-electron chi connectivity index (χ3n) is 1.98. The number of aromatic amines is 1. The minimum atomic E-state index is -0.858. The van der Waals surface area contributed by atoms with Crippen LogP contribution in [0.5, 0.6) is 0 Å². The van der Waals surface area contributed by atoms with Gasteiger partial charge in [-0.3, -0.25) is 9.48 Å². The molecule has 2 N–H and O–H groups in total. The van der Waals surface area contributed by atoms with Crippen LogP contribution >= 0.6 is 11.8 Å². The minimum Gasteiger partial charge on any atom is -0.481 e. The quantitative estimate of drug-likeness (QED) is 0.776. The van der Waals surface area contributed by atoms with E-state index < -0.39 is 5.97 Å². The van der Waals surface area contributed by atoms with E-state index in [-0.39, 0.29) is 5.75 Å². The van der Waals surface area contributed by atoms with Crippen molar-refractivity contribution in [3.05, 3.63) is 18.5 Å². The third kappa shape index (κ3) is 2.25. The molecule has 6 nitrogen and oxygen atoms in total. The Bertz CT molecular complexity index is 505. The second kappa shape index (κ2) is 4.40. The molecule has 84 valence electrons. The van der Waals surface area contributed by atoms with Crippen LogP contribution in [0.2, 0.25) is 0 Å². The average molecular weight is 238 g/mol. The molecule has 0 fully saturated rings. The summed E-state index contributed by atoms with van der Waals surface area (Å²) >= 11 is 1.16. The van der Waals surface area contributed by atoms with Crippen molar-refractivity contribution in [3.63, 3.8) is 0 Å². The molecule has 2 aromatic heterocycles. The second-order valence-electron chi connectivity index (χ2n) is 3.12. The summed E-state index contributed by atoms with van der Waals surface area (Å²) in [5, 5.41) is 13.2. The number of carboxylic acids is 1. The van der Waals surface area contributed by atoms with Crippen molar-refractivity contribution in [1.29, 1.82) is 0 Å². The molecule has 0 bridgehead atoms. The molecular formula is C9H10N4O2S. The van der Waals surface area contributed by atoms with Crippen LogP contribution in [-0.4, -0.2) is 36.6 Å². The lowest BCUT2D eigenvalue weighted by Gasteiger charge is -1.97. The molecule has 7 heteroatoms. The van der Waals surface area contributed by atoms with E-state index in [1.807, 2.05) is 13.1 Å². The number of carboxylic acid groups (broad SMARTS) is 1. The fourth-order valence-corrected chi connectivity index (χ4v) is 1.84. The highest BCUT2D eigenvalue weighted by Crippen LogP contribution is 2.20. The lowest BCUT2D eigenvalue weighted by molar-refractivity contribution is -0.133. The summed E-state index contributed by atoms with van der Waals surface area (Å²) in [7, 11) is 1.83. The van der Waals surface area contributed by atoms with Crippen LogP contribution in [0.15, 0.2) is 23.6 Å². The van der Waals surface area contributed by atoms with E-state index in [1.54, 1.807) is 17.1 Å². The maximum Gasteiger partial charge on any atom is 0.313 e. The number of aromatic nitrogens is 4. The first-order valence-corrected chi connectivity index (χ1v) is 5.53. The van der Waals surface area contributed by atoms with E-state index in [4.69, 9.17) is 5.11 Å². The molecule has 0 atom stereocenters. The van der Waals surface area contributed by atoms with Crippen LogP contribution in [0.1, 0.15) is 0 Å². The monoisotopic (exact) mass is 238 g/mol. The number of nitrogens with zero attached hydrogens (tertiary/aromatic N) is 3. The zero-order valence-corrected chi connectivity index (χ0v) is 9.36. The topological polar surface area (TPSA) is 83.8 Å². The molecule has 0 saturated heterocycles. The Morgan fingerprint density at radius 2 is 2.50 bits per heavy atom. The Morgan fingerprint density at radius 3 is 3.12 bits per heavy atom. The molecule has 0 aromatic carbocycles. The summed E-state index contributed by atoms with van der Waals surface area (Å²) < 4.78 is 1.72. The van der Waals surface area contributed by atoms with Crippen molar-refractivity contribution in [2.24, 2.45) is 7.05 Å². The highest BCUT2D eigenvalue weighted by molar-refractivity contribution is 7.99. The van der Waals surface area contributed by atoms with Gasteiger partial charge in [-0.25, -0.2) is 4.98 Å². The van der Waals surface area contributed by atoms with E-state index >= 15 is 0 Å². The van der Waals surface area contributed by atoms with Gasteiger partial charge < -0.3 is 10.1 Å². The summed E-state index contributed by atoms with van der Waals surface area (Å²) in [5.74, 6) is -0.860. The van der Waals surface area contributed by atoms with Gasteiger partial charge in [0, 0.05) is 13.2 Å². The van der Waals surface area contributed by atoms with Crippen LogP contribution in [-0.2, 0) is 11.8 Å². The Labute approximate surface area is 95.7 Å². The number of aryl methyl sites for hydroxylation is 1. The maximum absolute atomic E-state index is 10.4. The van der Waals surface area contributed by atoms with Gasteiger partial charge in [-0.15, -0.1) is 0 Å². The SMILES string of the molecule is Cn1nccc1-c1cnc(SCC(=O)O)[nH]1. The number of hydrogen-bond donors (Lipinski definition) is 2. The van der Waals surface area contributed by atoms with Crippen LogP contribution < -0.4 is 0 Å². The van der Waals surface area contributed by atoms with Crippen LogP contribution in [0.25, 0.3) is 11.4 Å². The van der Waals surface area contributed by atoms with Gasteiger partial charge in [0.25, 0.3) is 0 Å². The molecule has 2 rings (SSSR count). The van der Waals surface area contributed by atoms with E-state index in [1.165, 1.54) is 0 Å². The van der Waals surface area contributed by atoms with Crippen molar-refractivity contribution in [1.82, 2.24) is 19.7 Å². The molecule has 2 aromatic rings. The average Bonchev–Trinajstić information content (AvgIpc) is 2.83. The Morgan fingerprint density at radius 1 is 1.69 bits per heavy atom. The Balaban J connectivity index is 2.14. The Kier molecular flexibility index (Phi) is 2.95. The molecular weight excluding hydrogens is 228 g/mol. The third-order valence-corrected chi connectivity index (χ3v) is 2.85. The van der Waals surface area contributed by atoms with Gasteiger partial charge in [0.05, 0.1) is 23.3 Å². The first kappa shape index (κ1) is 10.7. The fourth-order valence-electron chi connectivity index (χ4n) is 1.27. The normalized spacial score (nSPS) is 10.6. The molecule has 0 aliphatic rings. The molecule has 2 heterocycles. The van der Waals surface area contributed by atoms with Gasteiger partial charge in [0.2, 0.25) is 0 Å². The summed E-state index contributed by atoms with van der Waals surface area (Å²) in [5.41, 5.74) is 1.74. The summed E-state index contributed by atoms with van der Waals surface area (Å²) in [4.78, 5) is 17.5. The van der Waals surface area contributed by atoms with E-state index in [0.29, 0.717) is 5.16 Å². The van der Waals surface area contributed by atoms with Gasteiger partial charge >= 0.3 is 5.97 Å². The maximum atomic E-state index is 10.4. The molecule has 0 aliphatic heterocycles. The van der Waals surface area contributed by atoms with Gasteiger partial charge in [-0.1, -0.05) is 11.8 Å². The molecule has 0 spiro atoms. The number of nitrogens with one attached hydrogen (secondary N) is 1. The lowest BCUT2D eigenvalue weighted by Crippen LogP contribution is -1.97. The number of H-pyrrole nitrogens is 1. The predicted octanol–water partition coefficient (Wildman–Crippen LogP) is 0.987. The van der Waals surface area contributed by atoms with Crippen LogP contribution in [0, 0.1) is 0 Å². The molecule has 0 amide bonds. The molecule has 0 saturated carbocycles. The van der Waals surface area contributed by atoms with Crippen LogP contribution in [0.3, 0.4) is 0 Å². The van der Waals surface area contributed by atoms with Crippen molar-refractivity contribution < 1.29 is 9.90 Å². The van der Waals surface area contributed by atoms with Crippen molar-refractivity contribution in [2.75, 3.05) is 5.75 Å². The predicted molar refractivity (Wildman–Crippen MR) is 59.1 cm³/mol. The summed E-state index contributed by atoms with van der Waals surface area (Å²) in [6.07, 6.45) is 3.36. The number of rotatable bonds is 4. The van der Waals surface area contributed by atoms with E-state index in [2.05, 4.69) is 15.1 Å². The second-order valence-corrected chi connectivity index (χ2v) is 4.09. The number of aliphatic carboxylic acids is 1. The van der Waals surface area contributed by atoms with Crippen molar-refractivity contribution in [2.45, 2.75) is 5.16 Å². The van der Waals surface area contributed by atoms with Crippen LogP contribution in [0.4, 0.5) is 0 Å². The smallest absolute Gasteiger partial charge is 0.313 e. The molecule has 0 aliphatic carbocycles. The largest absolute Gasteiger partial charge is 0.481 e. The number of carbonyl (C=O) groups is 1. The fraction of sp³-hybridized carbons (Fsp3) is 0.222. The molecule has 16 heavy (non-hydrogen) atoms. The van der Waals surface area contributed by atoms with E-state index in [0.717, 1.165) is 23.1 Å². The Hall–Kier alpha value is -1.76. The van der Waals surface area contributed by atoms with Crippen molar-refractivity contribution >= 4 is 17.7 Å². The standard InChI is InChI=1S/C9H10N4O2S/c1-13-7(2-3-11-13)6-4-10-9(12-6)16-5-8(14)15/h2-4H,5H2,1H3,(H,10,12)(H,14,15). The first-order valence-electron chi connectivity index (χ1n) is 4.55. The highest BCUT2D eigenvalue weighted by Gasteiger charge is 2.08. The van der Waals surface area contributed by atoms with Crippen molar-refractivity contribution in [3.8, 4) is 11.4 Å². The van der Waals surface area contributed by atoms with E-state index in [9.17, 15) is 4.79 Å². The minimum absolute atomic E-state index is 0.00165. The van der Waals surface area contributed by atoms with Gasteiger partial charge in [0.15, 0.2) is 5.16 Å². The summed E-state index contributed by atoms with van der Waals surface area (Å²) in [6.45, 7) is 0. The number of imidazole rings is 1. The molecule has 0 unspecified atom stereocenters. The number of hydrogen-bond acceptors (Lipinski definition) is 4. The molecule has 0 radical (unpaired) electrons. The lowest BCUT2D eigenvalue weighted by atomic mass is 10.3. The zero-order valence-electron chi connectivity index (χ0n) is 8.54. The first-order chi connectivity index (χ1) is 7.66.